The van der Waals surface area contributed by atoms with Crippen molar-refractivity contribution in [1.82, 2.24) is 0 Å². The molecule has 0 unspecified atom stereocenters. The van der Waals surface area contributed by atoms with Gasteiger partial charge < -0.3 is 15.0 Å². The van der Waals surface area contributed by atoms with Crippen LogP contribution in [0.1, 0.15) is 6.92 Å². The lowest BCUT2D eigenvalue weighted by molar-refractivity contribution is -0.106. The summed E-state index contributed by atoms with van der Waals surface area (Å²) in [6.07, 6.45) is 0.750. The second-order valence-corrected chi connectivity index (χ2v) is 4.88. The summed E-state index contributed by atoms with van der Waals surface area (Å²) in [5.41, 5.74) is 3.92. The summed E-state index contributed by atoms with van der Waals surface area (Å²) in [5, 5.41) is 19.2. The second kappa shape index (κ2) is 7.80. The van der Waals surface area contributed by atoms with E-state index >= 15 is 0 Å². The summed E-state index contributed by atoms with van der Waals surface area (Å²) in [6.45, 7) is 1.44. The van der Waals surface area contributed by atoms with Gasteiger partial charge >= 0.3 is 0 Å². The molecular formula is C20H18O3. The Morgan fingerprint density at radius 1 is 0.739 bits per heavy atom. The largest absolute Gasteiger partial charge is 0.508 e. The van der Waals surface area contributed by atoms with Gasteiger partial charge in [-0.25, -0.2) is 0 Å². The molecule has 0 atom stereocenters. The minimum Gasteiger partial charge on any atom is -0.508 e. The maximum Gasteiger partial charge on any atom is 0.127 e. The van der Waals surface area contributed by atoms with E-state index in [0.29, 0.717) is 5.56 Å². The third-order valence-corrected chi connectivity index (χ3v) is 3.28. The van der Waals surface area contributed by atoms with Crippen LogP contribution in [0.25, 0.3) is 22.3 Å². The molecule has 3 heteroatoms. The number of phenolic OH excluding ortho intramolecular Hbond substituents is 2. The molecule has 0 saturated heterocycles. The first-order valence-electron chi connectivity index (χ1n) is 7.23. The average molecular weight is 306 g/mol. The van der Waals surface area contributed by atoms with E-state index in [1.807, 2.05) is 42.5 Å². The normalized spacial score (nSPS) is 9.61. The Bertz CT molecular complexity index is 763. The topological polar surface area (TPSA) is 57.5 Å². The van der Waals surface area contributed by atoms with Crippen molar-refractivity contribution in [3.63, 3.8) is 0 Å². The van der Waals surface area contributed by atoms with E-state index in [0.717, 1.165) is 23.0 Å². The number of aldehydes is 1. The Morgan fingerprint density at radius 3 is 1.83 bits per heavy atom. The van der Waals surface area contributed by atoms with Gasteiger partial charge in [0.25, 0.3) is 0 Å². The van der Waals surface area contributed by atoms with E-state index < -0.39 is 0 Å². The predicted molar refractivity (Wildman–Crippen MR) is 92.4 cm³/mol. The van der Waals surface area contributed by atoms with Crippen molar-refractivity contribution in [2.24, 2.45) is 0 Å². The van der Waals surface area contributed by atoms with Gasteiger partial charge in [-0.2, -0.15) is 0 Å². The number of aromatic hydroxyl groups is 2. The van der Waals surface area contributed by atoms with Gasteiger partial charge in [0.2, 0.25) is 0 Å². The van der Waals surface area contributed by atoms with Gasteiger partial charge in [0.15, 0.2) is 0 Å². The summed E-state index contributed by atoms with van der Waals surface area (Å²) in [4.78, 5) is 8.81. The Balaban J connectivity index is 0.000000595. The number of hydrogen-bond donors (Lipinski definition) is 2. The van der Waals surface area contributed by atoms with E-state index in [1.54, 1.807) is 12.1 Å². The van der Waals surface area contributed by atoms with Gasteiger partial charge in [-0.15, -0.1) is 0 Å². The molecule has 0 aromatic heterocycles. The molecule has 3 rings (SSSR count). The molecule has 0 amide bonds. The molecule has 0 saturated carbocycles. The lowest BCUT2D eigenvalue weighted by Crippen LogP contribution is -1.81. The molecule has 3 aromatic carbocycles. The van der Waals surface area contributed by atoms with Crippen LogP contribution in [0.5, 0.6) is 11.5 Å². The lowest BCUT2D eigenvalue weighted by Gasteiger charge is -2.07. The van der Waals surface area contributed by atoms with E-state index in [2.05, 4.69) is 12.1 Å². The first-order valence-corrected chi connectivity index (χ1v) is 7.23. The molecule has 0 heterocycles. The Morgan fingerprint density at radius 2 is 1.26 bits per heavy atom. The number of carbonyl (C=O) groups is 1. The van der Waals surface area contributed by atoms with Gasteiger partial charge in [0, 0.05) is 11.6 Å². The quantitative estimate of drug-likeness (QED) is 0.678. The molecule has 0 aliphatic rings. The molecule has 0 bridgehead atoms. The van der Waals surface area contributed by atoms with Crippen molar-refractivity contribution in [1.29, 1.82) is 0 Å². The first kappa shape index (κ1) is 16.3. The SMILES string of the molecule is CC=O.Oc1ccc(-c2ccc(-c3ccccc3)cc2)c(O)c1. The van der Waals surface area contributed by atoms with E-state index in [4.69, 9.17) is 4.79 Å². The van der Waals surface area contributed by atoms with Crippen LogP contribution < -0.4 is 0 Å². The number of rotatable bonds is 2. The van der Waals surface area contributed by atoms with E-state index in [9.17, 15) is 10.2 Å². The van der Waals surface area contributed by atoms with Gasteiger partial charge in [0.1, 0.15) is 17.8 Å². The molecule has 2 N–H and O–H groups in total. The van der Waals surface area contributed by atoms with E-state index in [1.165, 1.54) is 13.0 Å². The highest BCUT2D eigenvalue weighted by Gasteiger charge is 2.05. The number of hydrogen-bond acceptors (Lipinski definition) is 3. The van der Waals surface area contributed by atoms with Gasteiger partial charge in [-0.3, -0.25) is 0 Å². The average Bonchev–Trinajstić information content (AvgIpc) is 2.57. The molecule has 0 aliphatic carbocycles. The van der Waals surface area contributed by atoms with Crippen LogP contribution in [0.2, 0.25) is 0 Å². The van der Waals surface area contributed by atoms with Crippen LogP contribution >= 0.6 is 0 Å². The van der Waals surface area contributed by atoms with Crippen LogP contribution in [0.15, 0.2) is 72.8 Å². The molecule has 0 aliphatic heterocycles. The maximum atomic E-state index is 9.87. The highest BCUT2D eigenvalue weighted by atomic mass is 16.3. The molecule has 3 aromatic rings. The minimum atomic E-state index is 0.0622. The Labute approximate surface area is 135 Å². The molecular weight excluding hydrogens is 288 g/mol. The molecule has 0 fully saturated rings. The van der Waals surface area contributed by atoms with Crippen LogP contribution in [0.3, 0.4) is 0 Å². The smallest absolute Gasteiger partial charge is 0.127 e. The summed E-state index contributed by atoms with van der Waals surface area (Å²) < 4.78 is 0. The van der Waals surface area contributed by atoms with Crippen molar-refractivity contribution in [3.05, 3.63) is 72.8 Å². The van der Waals surface area contributed by atoms with Crippen molar-refractivity contribution >= 4 is 6.29 Å². The zero-order chi connectivity index (χ0) is 16.7. The zero-order valence-electron chi connectivity index (χ0n) is 12.8. The third kappa shape index (κ3) is 4.20. The first-order chi connectivity index (χ1) is 11.2. The third-order valence-electron chi connectivity index (χ3n) is 3.28. The fraction of sp³-hybridized carbons (Fsp3) is 0.0500. The van der Waals surface area contributed by atoms with Crippen molar-refractivity contribution in [2.45, 2.75) is 6.92 Å². The summed E-state index contributed by atoms with van der Waals surface area (Å²) >= 11 is 0. The highest BCUT2D eigenvalue weighted by molar-refractivity contribution is 5.74. The molecule has 0 radical (unpaired) electrons. The van der Waals surface area contributed by atoms with Gasteiger partial charge in [0.05, 0.1) is 0 Å². The summed E-state index contributed by atoms with van der Waals surface area (Å²) in [5.74, 6) is 0.143. The van der Waals surface area contributed by atoms with Crippen molar-refractivity contribution in [2.75, 3.05) is 0 Å². The predicted octanol–water partition coefficient (Wildman–Crippen LogP) is 4.64. The Hall–Kier alpha value is -3.07. The minimum absolute atomic E-state index is 0.0622. The number of phenols is 2. The standard InChI is InChI=1S/C18H14O2.C2H4O/c19-16-10-11-17(18(20)12-16)15-8-6-14(7-9-15)13-4-2-1-3-5-13;1-2-3/h1-12,19-20H;2H,1H3. The summed E-state index contributed by atoms with van der Waals surface area (Å²) in [6, 6.07) is 22.7. The fourth-order valence-corrected chi connectivity index (χ4v) is 2.24. The zero-order valence-corrected chi connectivity index (χ0v) is 12.8. The van der Waals surface area contributed by atoms with Gasteiger partial charge in [-0.05, 0) is 35.7 Å². The lowest BCUT2D eigenvalue weighted by atomic mass is 10.00. The molecule has 0 spiro atoms. The number of carbonyl (C=O) groups excluding carboxylic acids is 1. The van der Waals surface area contributed by atoms with E-state index in [-0.39, 0.29) is 11.5 Å². The van der Waals surface area contributed by atoms with Crippen LogP contribution in [-0.4, -0.2) is 16.5 Å². The summed E-state index contributed by atoms with van der Waals surface area (Å²) in [7, 11) is 0. The fourth-order valence-electron chi connectivity index (χ4n) is 2.24. The molecule has 116 valence electrons. The van der Waals surface area contributed by atoms with Crippen molar-refractivity contribution < 1.29 is 15.0 Å². The van der Waals surface area contributed by atoms with Crippen LogP contribution in [0, 0.1) is 0 Å². The number of benzene rings is 3. The highest BCUT2D eigenvalue weighted by Crippen LogP contribution is 2.33. The van der Waals surface area contributed by atoms with Crippen LogP contribution in [-0.2, 0) is 4.79 Å². The molecule has 23 heavy (non-hydrogen) atoms. The maximum absolute atomic E-state index is 9.87. The van der Waals surface area contributed by atoms with Gasteiger partial charge in [-0.1, -0.05) is 54.6 Å². The molecule has 3 nitrogen and oxygen atoms in total. The second-order valence-electron chi connectivity index (χ2n) is 4.88. The van der Waals surface area contributed by atoms with Crippen molar-refractivity contribution in [3.8, 4) is 33.8 Å². The Kier molecular flexibility index (Phi) is 5.53. The monoisotopic (exact) mass is 306 g/mol. The van der Waals surface area contributed by atoms with Crippen LogP contribution in [0.4, 0.5) is 0 Å².